The molecular formula is C9H12O5. The molecule has 0 aromatic heterocycles. The van der Waals surface area contributed by atoms with Crippen molar-refractivity contribution in [2.75, 3.05) is 0 Å². The second kappa shape index (κ2) is 3.32. The number of carboxylic acid groups (broad SMARTS) is 1. The van der Waals surface area contributed by atoms with Crippen molar-refractivity contribution in [3.63, 3.8) is 0 Å². The topological polar surface area (TPSA) is 72.8 Å². The second-order valence-corrected chi connectivity index (χ2v) is 4.07. The maximum absolute atomic E-state index is 11.1. The molecule has 0 radical (unpaired) electrons. The SMILES string of the molecule is CC(C)(C)C1OC(=O)/C(=C\C(=O)O)O1. The lowest BCUT2D eigenvalue weighted by Gasteiger charge is -2.23. The van der Waals surface area contributed by atoms with Crippen LogP contribution in [0, 0.1) is 5.41 Å². The Morgan fingerprint density at radius 1 is 1.43 bits per heavy atom. The summed E-state index contributed by atoms with van der Waals surface area (Å²) in [5.74, 6) is -2.21. The highest BCUT2D eigenvalue weighted by molar-refractivity contribution is 5.95. The molecule has 1 atom stereocenters. The predicted octanol–water partition coefficient (Wildman–Crippen LogP) is 0.900. The van der Waals surface area contributed by atoms with Gasteiger partial charge in [0.25, 0.3) is 0 Å². The van der Waals surface area contributed by atoms with Crippen LogP contribution in [0.2, 0.25) is 0 Å². The van der Waals surface area contributed by atoms with E-state index < -0.39 is 18.2 Å². The molecule has 1 heterocycles. The lowest BCUT2D eigenvalue weighted by atomic mass is 9.96. The van der Waals surface area contributed by atoms with E-state index in [1.165, 1.54) is 0 Å². The van der Waals surface area contributed by atoms with Crippen molar-refractivity contribution in [1.29, 1.82) is 0 Å². The average Bonchev–Trinajstić information content (AvgIpc) is 2.30. The van der Waals surface area contributed by atoms with Crippen molar-refractivity contribution in [3.8, 4) is 0 Å². The van der Waals surface area contributed by atoms with E-state index in [1.807, 2.05) is 20.8 Å². The Morgan fingerprint density at radius 2 is 2.00 bits per heavy atom. The predicted molar refractivity (Wildman–Crippen MR) is 46.1 cm³/mol. The van der Waals surface area contributed by atoms with E-state index in [2.05, 4.69) is 0 Å². The van der Waals surface area contributed by atoms with Crippen molar-refractivity contribution < 1.29 is 24.2 Å². The van der Waals surface area contributed by atoms with E-state index >= 15 is 0 Å². The Hall–Kier alpha value is -1.52. The molecule has 1 rings (SSSR count). The van der Waals surface area contributed by atoms with Crippen LogP contribution < -0.4 is 0 Å². The molecule has 1 N–H and O–H groups in total. The fraction of sp³-hybridized carbons (Fsp3) is 0.556. The summed E-state index contributed by atoms with van der Waals surface area (Å²) >= 11 is 0. The summed E-state index contributed by atoms with van der Waals surface area (Å²) in [6.07, 6.45) is -0.0192. The van der Waals surface area contributed by atoms with Crippen LogP contribution in [-0.4, -0.2) is 23.3 Å². The van der Waals surface area contributed by atoms with Crippen LogP contribution in [0.25, 0.3) is 0 Å². The van der Waals surface area contributed by atoms with Gasteiger partial charge < -0.3 is 14.6 Å². The van der Waals surface area contributed by atoms with Crippen LogP contribution in [0.4, 0.5) is 0 Å². The third kappa shape index (κ3) is 2.25. The summed E-state index contributed by atoms with van der Waals surface area (Å²) < 4.78 is 9.90. The number of cyclic esters (lactones) is 1. The van der Waals surface area contributed by atoms with Gasteiger partial charge in [0.1, 0.15) is 0 Å². The first kappa shape index (κ1) is 10.6. The van der Waals surface area contributed by atoms with Crippen molar-refractivity contribution in [3.05, 3.63) is 11.8 Å². The van der Waals surface area contributed by atoms with Crippen molar-refractivity contribution in [2.24, 2.45) is 5.41 Å². The Labute approximate surface area is 81.3 Å². The highest BCUT2D eigenvalue weighted by Gasteiger charge is 2.39. The third-order valence-corrected chi connectivity index (χ3v) is 1.61. The molecule has 78 valence electrons. The lowest BCUT2D eigenvalue weighted by Crippen LogP contribution is -2.26. The van der Waals surface area contributed by atoms with Crippen LogP contribution in [0.15, 0.2) is 11.8 Å². The van der Waals surface area contributed by atoms with Gasteiger partial charge >= 0.3 is 11.9 Å². The lowest BCUT2D eigenvalue weighted by molar-refractivity contribution is -0.154. The molecule has 0 spiro atoms. The Kier molecular flexibility index (Phi) is 2.51. The Morgan fingerprint density at radius 3 is 2.36 bits per heavy atom. The summed E-state index contributed by atoms with van der Waals surface area (Å²) in [7, 11) is 0. The Bertz CT molecular complexity index is 297. The summed E-state index contributed by atoms with van der Waals surface area (Å²) in [5, 5.41) is 8.42. The molecule has 14 heavy (non-hydrogen) atoms. The number of carbonyl (C=O) groups excluding carboxylic acids is 1. The molecule has 0 aromatic carbocycles. The number of carbonyl (C=O) groups is 2. The molecule has 1 fully saturated rings. The zero-order valence-electron chi connectivity index (χ0n) is 8.23. The maximum atomic E-state index is 11.1. The minimum absolute atomic E-state index is 0.252. The highest BCUT2D eigenvalue weighted by Crippen LogP contribution is 2.30. The van der Waals surface area contributed by atoms with E-state index in [4.69, 9.17) is 14.6 Å². The van der Waals surface area contributed by atoms with Gasteiger partial charge in [0, 0.05) is 5.41 Å². The van der Waals surface area contributed by atoms with E-state index in [-0.39, 0.29) is 11.2 Å². The van der Waals surface area contributed by atoms with Crippen LogP contribution in [0.5, 0.6) is 0 Å². The molecule has 0 aliphatic carbocycles. The first-order valence-corrected chi connectivity index (χ1v) is 4.13. The zero-order chi connectivity index (χ0) is 10.9. The fourth-order valence-corrected chi connectivity index (χ4v) is 0.901. The highest BCUT2D eigenvalue weighted by atomic mass is 16.7. The van der Waals surface area contributed by atoms with Gasteiger partial charge in [-0.2, -0.15) is 0 Å². The molecule has 0 bridgehead atoms. The number of carboxylic acids is 1. The summed E-state index contributed by atoms with van der Waals surface area (Å²) in [4.78, 5) is 21.4. The zero-order valence-corrected chi connectivity index (χ0v) is 8.23. The number of hydrogen-bond acceptors (Lipinski definition) is 4. The quantitative estimate of drug-likeness (QED) is 0.503. The third-order valence-electron chi connectivity index (χ3n) is 1.61. The number of ether oxygens (including phenoxy) is 2. The Balaban J connectivity index is 2.80. The number of rotatable bonds is 1. The molecular weight excluding hydrogens is 188 g/mol. The van der Waals surface area contributed by atoms with Crippen LogP contribution in [0.3, 0.4) is 0 Å². The van der Waals surface area contributed by atoms with Gasteiger partial charge in [-0.1, -0.05) is 20.8 Å². The van der Waals surface area contributed by atoms with Crippen LogP contribution in [-0.2, 0) is 19.1 Å². The number of hydrogen-bond donors (Lipinski definition) is 1. The van der Waals surface area contributed by atoms with Gasteiger partial charge in [0.15, 0.2) is 0 Å². The van der Waals surface area contributed by atoms with Gasteiger partial charge in [0.05, 0.1) is 6.08 Å². The summed E-state index contributed by atoms with van der Waals surface area (Å²) in [6, 6.07) is 0. The summed E-state index contributed by atoms with van der Waals surface area (Å²) in [6.45, 7) is 5.48. The van der Waals surface area contributed by atoms with E-state index in [0.717, 1.165) is 0 Å². The number of aliphatic carboxylic acids is 1. The molecule has 5 nitrogen and oxygen atoms in total. The van der Waals surface area contributed by atoms with Gasteiger partial charge in [-0.05, 0) is 0 Å². The smallest absolute Gasteiger partial charge is 0.377 e. The molecule has 5 heteroatoms. The van der Waals surface area contributed by atoms with Gasteiger partial charge in [0.2, 0.25) is 12.0 Å². The van der Waals surface area contributed by atoms with E-state index in [0.29, 0.717) is 6.08 Å². The maximum Gasteiger partial charge on any atom is 0.377 e. The largest absolute Gasteiger partial charge is 0.478 e. The molecule has 0 aromatic rings. The molecule has 1 unspecified atom stereocenters. The van der Waals surface area contributed by atoms with Crippen molar-refractivity contribution >= 4 is 11.9 Å². The van der Waals surface area contributed by atoms with E-state index in [1.54, 1.807) is 0 Å². The summed E-state index contributed by atoms with van der Waals surface area (Å²) in [5.41, 5.74) is -0.371. The van der Waals surface area contributed by atoms with Gasteiger partial charge in [-0.3, -0.25) is 0 Å². The first-order valence-electron chi connectivity index (χ1n) is 4.13. The average molecular weight is 200 g/mol. The minimum atomic E-state index is -1.23. The van der Waals surface area contributed by atoms with Gasteiger partial charge in [-0.15, -0.1) is 0 Å². The first-order chi connectivity index (χ1) is 6.30. The van der Waals surface area contributed by atoms with Crippen LogP contribution in [0.1, 0.15) is 20.8 Å². The van der Waals surface area contributed by atoms with Gasteiger partial charge in [-0.25, -0.2) is 9.59 Å². The monoisotopic (exact) mass is 200 g/mol. The standard InChI is InChI=1S/C9H12O5/c1-9(2,3)8-13-5(4-6(10)11)7(12)14-8/h4,8H,1-3H3,(H,10,11)/b5-4+. The normalized spacial score (nSPS) is 24.6. The molecule has 0 amide bonds. The second-order valence-electron chi connectivity index (χ2n) is 4.07. The molecule has 0 saturated carbocycles. The van der Waals surface area contributed by atoms with Crippen molar-refractivity contribution in [1.82, 2.24) is 0 Å². The fourth-order valence-electron chi connectivity index (χ4n) is 0.901. The van der Waals surface area contributed by atoms with Crippen molar-refractivity contribution in [2.45, 2.75) is 27.1 Å². The molecule has 1 aliphatic heterocycles. The number of esters is 1. The molecule has 1 saturated heterocycles. The minimum Gasteiger partial charge on any atom is -0.478 e. The van der Waals surface area contributed by atoms with Crippen LogP contribution >= 0.6 is 0 Å². The molecule has 1 aliphatic rings. The van der Waals surface area contributed by atoms with E-state index in [9.17, 15) is 9.59 Å².